The van der Waals surface area contributed by atoms with E-state index >= 15 is 0 Å². The number of carboxylic acid groups (broad SMARTS) is 1. The lowest BCUT2D eigenvalue weighted by Gasteiger charge is -2.17. The minimum Gasteiger partial charge on any atom is -0.489 e. The molecule has 3 aromatic rings. The lowest BCUT2D eigenvalue weighted by Crippen LogP contribution is -2.20. The van der Waals surface area contributed by atoms with Gasteiger partial charge in [-0.1, -0.05) is 54.1 Å². The molecule has 0 saturated heterocycles. The van der Waals surface area contributed by atoms with Gasteiger partial charge in [0.15, 0.2) is 0 Å². The number of amides is 1. The molecule has 0 spiro atoms. The number of hydrogen-bond donors (Lipinski definition) is 2. The van der Waals surface area contributed by atoms with Gasteiger partial charge >= 0.3 is 5.97 Å². The first-order chi connectivity index (χ1) is 15.4. The monoisotopic (exact) mass is 451 g/mol. The Balaban J connectivity index is 1.77. The fourth-order valence-corrected chi connectivity index (χ4v) is 3.53. The minimum absolute atomic E-state index is 0.0746. The molecule has 32 heavy (non-hydrogen) atoms. The molecule has 0 aliphatic rings. The van der Waals surface area contributed by atoms with Gasteiger partial charge in [0.05, 0.1) is 5.92 Å². The molecule has 1 unspecified atom stereocenters. The van der Waals surface area contributed by atoms with E-state index in [1.807, 2.05) is 67.6 Å². The van der Waals surface area contributed by atoms with Gasteiger partial charge in [-0.2, -0.15) is 0 Å². The lowest BCUT2D eigenvalue weighted by molar-refractivity contribution is -0.137. The molecule has 0 bridgehead atoms. The van der Waals surface area contributed by atoms with Crippen LogP contribution in [0.15, 0.2) is 72.8 Å². The number of benzene rings is 3. The molecule has 0 aliphatic carbocycles. The Morgan fingerprint density at radius 1 is 1.03 bits per heavy atom. The molecule has 0 radical (unpaired) electrons. The zero-order valence-electron chi connectivity index (χ0n) is 17.9. The van der Waals surface area contributed by atoms with Crippen molar-refractivity contribution in [3.05, 3.63) is 94.5 Å². The van der Waals surface area contributed by atoms with E-state index in [1.165, 1.54) is 0 Å². The highest BCUT2D eigenvalue weighted by atomic mass is 35.5. The smallest absolute Gasteiger partial charge is 0.303 e. The number of nitrogens with one attached hydrogen (secondary N) is 1. The van der Waals surface area contributed by atoms with Crippen molar-refractivity contribution in [2.45, 2.75) is 38.7 Å². The Hall–Kier alpha value is -3.31. The third kappa shape index (κ3) is 6.86. The van der Waals surface area contributed by atoms with Crippen LogP contribution in [0.4, 0.5) is 5.69 Å². The number of anilines is 1. The molecular formula is C26H26ClNO4. The predicted octanol–water partition coefficient (Wildman–Crippen LogP) is 6.07. The highest BCUT2D eigenvalue weighted by Gasteiger charge is 2.17. The van der Waals surface area contributed by atoms with Crippen molar-refractivity contribution in [2.75, 3.05) is 5.32 Å². The Kier molecular flexibility index (Phi) is 8.28. The molecule has 0 heterocycles. The normalized spacial score (nSPS) is 11.6. The van der Waals surface area contributed by atoms with Crippen molar-refractivity contribution in [1.29, 1.82) is 0 Å². The van der Waals surface area contributed by atoms with Crippen molar-refractivity contribution in [1.82, 2.24) is 0 Å². The maximum atomic E-state index is 13.0. The van der Waals surface area contributed by atoms with Gasteiger partial charge in [0.2, 0.25) is 5.91 Å². The fourth-order valence-electron chi connectivity index (χ4n) is 3.33. The summed E-state index contributed by atoms with van der Waals surface area (Å²) in [7, 11) is 0. The van der Waals surface area contributed by atoms with Gasteiger partial charge in [-0.25, -0.2) is 0 Å². The van der Waals surface area contributed by atoms with Gasteiger partial charge in [0.1, 0.15) is 12.4 Å². The zero-order valence-corrected chi connectivity index (χ0v) is 18.6. The molecule has 1 atom stereocenters. The standard InChI is InChI=1S/C26H26ClNO4/c1-18(21-8-5-9-22(27)16-21)26(31)28-24-15-19(17-32-23-10-3-2-4-11-23)13-14-20(24)7-6-12-25(29)30/h2-5,8-11,13-16,18H,6-7,12,17H2,1H3,(H,28,31)(H,29,30). The van der Waals surface area contributed by atoms with Gasteiger partial charge in [0, 0.05) is 17.1 Å². The Morgan fingerprint density at radius 3 is 2.53 bits per heavy atom. The summed E-state index contributed by atoms with van der Waals surface area (Å²) in [6, 6.07) is 22.5. The molecule has 166 valence electrons. The first-order valence-corrected chi connectivity index (χ1v) is 10.9. The largest absolute Gasteiger partial charge is 0.489 e. The number of aryl methyl sites for hydroxylation is 1. The summed E-state index contributed by atoms with van der Waals surface area (Å²) in [4.78, 5) is 23.9. The molecule has 3 rings (SSSR count). The van der Waals surface area contributed by atoms with E-state index in [2.05, 4.69) is 5.32 Å². The van der Waals surface area contributed by atoms with Crippen LogP contribution in [0.3, 0.4) is 0 Å². The summed E-state index contributed by atoms with van der Waals surface area (Å²) >= 11 is 6.07. The van der Waals surface area contributed by atoms with E-state index in [4.69, 9.17) is 21.4 Å². The van der Waals surface area contributed by atoms with Crippen LogP contribution < -0.4 is 10.1 Å². The summed E-state index contributed by atoms with van der Waals surface area (Å²) in [5.74, 6) is -0.631. The molecule has 0 aromatic heterocycles. The van der Waals surface area contributed by atoms with Crippen molar-refractivity contribution >= 4 is 29.2 Å². The predicted molar refractivity (Wildman–Crippen MR) is 126 cm³/mol. The van der Waals surface area contributed by atoms with Crippen LogP contribution in [0.1, 0.15) is 42.4 Å². The average molecular weight is 452 g/mol. The fraction of sp³-hybridized carbons (Fsp3) is 0.231. The molecule has 0 aliphatic heterocycles. The SMILES string of the molecule is CC(C(=O)Nc1cc(COc2ccccc2)ccc1CCCC(=O)O)c1cccc(Cl)c1. The number of carboxylic acids is 1. The number of halogens is 1. The highest BCUT2D eigenvalue weighted by molar-refractivity contribution is 6.30. The topological polar surface area (TPSA) is 75.6 Å². The number of rotatable bonds is 10. The van der Waals surface area contributed by atoms with Crippen LogP contribution in [0.25, 0.3) is 0 Å². The first kappa shape index (κ1) is 23.4. The molecule has 0 saturated carbocycles. The first-order valence-electron chi connectivity index (χ1n) is 10.5. The molecular weight excluding hydrogens is 426 g/mol. The van der Waals surface area contributed by atoms with Gasteiger partial charge in [-0.05, 0) is 66.8 Å². The van der Waals surface area contributed by atoms with Crippen LogP contribution in [-0.2, 0) is 22.6 Å². The molecule has 6 heteroatoms. The van der Waals surface area contributed by atoms with Crippen LogP contribution in [-0.4, -0.2) is 17.0 Å². The molecule has 3 aromatic carbocycles. The summed E-state index contributed by atoms with van der Waals surface area (Å²) in [6.45, 7) is 2.18. The maximum Gasteiger partial charge on any atom is 0.303 e. The number of para-hydroxylation sites is 1. The third-order valence-electron chi connectivity index (χ3n) is 5.16. The van der Waals surface area contributed by atoms with Gasteiger partial charge in [-0.3, -0.25) is 9.59 Å². The highest BCUT2D eigenvalue weighted by Crippen LogP contribution is 2.25. The summed E-state index contributed by atoms with van der Waals surface area (Å²) in [6.07, 6.45) is 1.11. The Bertz CT molecular complexity index is 1070. The maximum absolute atomic E-state index is 13.0. The Morgan fingerprint density at radius 2 is 1.81 bits per heavy atom. The van der Waals surface area contributed by atoms with E-state index < -0.39 is 11.9 Å². The summed E-state index contributed by atoms with van der Waals surface area (Å²) < 4.78 is 5.83. The molecule has 1 amide bonds. The second-order valence-corrected chi connectivity index (χ2v) is 8.04. The minimum atomic E-state index is -0.835. The van der Waals surface area contributed by atoms with E-state index in [0.717, 1.165) is 22.4 Å². The van der Waals surface area contributed by atoms with Gasteiger partial charge in [0.25, 0.3) is 0 Å². The molecule has 0 fully saturated rings. The van der Waals surface area contributed by atoms with Crippen LogP contribution >= 0.6 is 11.6 Å². The van der Waals surface area contributed by atoms with Crippen LogP contribution in [0.2, 0.25) is 5.02 Å². The van der Waals surface area contributed by atoms with E-state index in [-0.39, 0.29) is 12.3 Å². The number of carbonyl (C=O) groups is 2. The van der Waals surface area contributed by atoms with Crippen LogP contribution in [0, 0.1) is 0 Å². The van der Waals surface area contributed by atoms with E-state index in [0.29, 0.717) is 30.2 Å². The quantitative estimate of drug-likeness (QED) is 0.392. The average Bonchev–Trinajstić information content (AvgIpc) is 2.79. The molecule has 2 N–H and O–H groups in total. The van der Waals surface area contributed by atoms with Gasteiger partial charge < -0.3 is 15.2 Å². The number of ether oxygens (including phenoxy) is 1. The number of aliphatic carboxylic acids is 1. The third-order valence-corrected chi connectivity index (χ3v) is 5.39. The number of hydrogen-bond acceptors (Lipinski definition) is 3. The zero-order chi connectivity index (χ0) is 22.9. The van der Waals surface area contributed by atoms with E-state index in [1.54, 1.807) is 12.1 Å². The Labute approximate surface area is 193 Å². The van der Waals surface area contributed by atoms with E-state index in [9.17, 15) is 9.59 Å². The van der Waals surface area contributed by atoms with Crippen molar-refractivity contribution in [2.24, 2.45) is 0 Å². The van der Waals surface area contributed by atoms with Crippen molar-refractivity contribution in [3.8, 4) is 5.75 Å². The summed E-state index contributed by atoms with van der Waals surface area (Å²) in [5, 5.41) is 12.6. The second kappa shape index (κ2) is 11.3. The molecule has 5 nitrogen and oxygen atoms in total. The lowest BCUT2D eigenvalue weighted by atomic mass is 9.99. The van der Waals surface area contributed by atoms with Crippen LogP contribution in [0.5, 0.6) is 5.75 Å². The second-order valence-electron chi connectivity index (χ2n) is 7.61. The van der Waals surface area contributed by atoms with Crippen molar-refractivity contribution < 1.29 is 19.4 Å². The number of carbonyl (C=O) groups excluding carboxylic acids is 1. The van der Waals surface area contributed by atoms with Crippen molar-refractivity contribution in [3.63, 3.8) is 0 Å². The summed E-state index contributed by atoms with van der Waals surface area (Å²) in [5.41, 5.74) is 3.29. The van der Waals surface area contributed by atoms with Gasteiger partial charge in [-0.15, -0.1) is 0 Å².